The quantitative estimate of drug-likeness (QED) is 0.572. The van der Waals surface area contributed by atoms with E-state index in [1.165, 1.54) is 14.7 Å². The minimum absolute atomic E-state index is 0.0620. The molecule has 0 radical (unpaired) electrons. The number of carbonyl (C=O) groups excluding carboxylic acids is 1. The molecule has 1 aromatic rings. The van der Waals surface area contributed by atoms with Crippen molar-refractivity contribution in [2.45, 2.75) is 11.1 Å². The van der Waals surface area contributed by atoms with Crippen LogP contribution in [0.5, 0.6) is 0 Å². The van der Waals surface area contributed by atoms with E-state index < -0.39 is 20.0 Å². The van der Waals surface area contributed by atoms with Crippen molar-refractivity contribution < 1.29 is 21.6 Å². The predicted octanol–water partition coefficient (Wildman–Crippen LogP) is 0.202. The molecule has 2 fully saturated rings. The molecule has 0 aliphatic carbocycles. The fraction of sp³-hybridized carbons (Fsp3) is 0.688. The summed E-state index contributed by atoms with van der Waals surface area (Å²) in [4.78, 5) is 16.2. The standard InChI is InChI=1S/C16H25ClN4O5S3/c1-2-28(23,24)20-9-5-18(6-10-20)13-15(22)19-7-11-21(12-8-19)29(25,26)16-4-3-14(17)27-16/h3-4H,2,5-13H2,1H3. The Bertz CT molecular complexity index is 934. The zero-order valence-corrected chi connectivity index (χ0v) is 19.4. The van der Waals surface area contributed by atoms with Crippen molar-refractivity contribution in [3.05, 3.63) is 16.5 Å². The van der Waals surface area contributed by atoms with Crippen molar-refractivity contribution in [3.8, 4) is 0 Å². The molecule has 0 saturated carbocycles. The van der Waals surface area contributed by atoms with Crippen molar-refractivity contribution in [2.24, 2.45) is 0 Å². The summed E-state index contributed by atoms with van der Waals surface area (Å²) in [5, 5.41) is 0. The van der Waals surface area contributed by atoms with Crippen molar-refractivity contribution in [1.82, 2.24) is 18.4 Å². The summed E-state index contributed by atoms with van der Waals surface area (Å²) in [5.74, 6) is 0.0181. The van der Waals surface area contributed by atoms with Crippen LogP contribution in [0.1, 0.15) is 6.92 Å². The first-order valence-electron chi connectivity index (χ1n) is 9.37. The summed E-state index contributed by atoms with van der Waals surface area (Å²) in [6.45, 7) is 4.79. The molecule has 3 heterocycles. The van der Waals surface area contributed by atoms with Gasteiger partial charge < -0.3 is 4.90 Å². The maximum atomic E-state index is 12.6. The molecule has 1 amide bonds. The number of rotatable bonds is 6. The van der Waals surface area contributed by atoms with E-state index in [1.807, 2.05) is 4.90 Å². The van der Waals surface area contributed by atoms with E-state index in [0.717, 1.165) is 11.3 Å². The number of halogens is 1. The fourth-order valence-electron chi connectivity index (χ4n) is 3.38. The second-order valence-corrected chi connectivity index (χ2v) is 13.1. The molecule has 2 aliphatic rings. The summed E-state index contributed by atoms with van der Waals surface area (Å²) in [6, 6.07) is 3.06. The van der Waals surface area contributed by atoms with Gasteiger partial charge in [-0.2, -0.15) is 8.61 Å². The van der Waals surface area contributed by atoms with Crippen molar-refractivity contribution in [2.75, 3.05) is 64.7 Å². The Balaban J connectivity index is 1.48. The first kappa shape index (κ1) is 22.9. The van der Waals surface area contributed by atoms with Crippen LogP contribution in [0.15, 0.2) is 16.3 Å². The van der Waals surface area contributed by atoms with Gasteiger partial charge in [0.2, 0.25) is 15.9 Å². The summed E-state index contributed by atoms with van der Waals surface area (Å²) in [7, 11) is -6.78. The van der Waals surface area contributed by atoms with Crippen LogP contribution in [0, 0.1) is 0 Å². The van der Waals surface area contributed by atoms with Gasteiger partial charge in [-0.3, -0.25) is 9.69 Å². The summed E-state index contributed by atoms with van der Waals surface area (Å²) < 4.78 is 52.6. The number of sulfonamides is 2. The molecule has 2 saturated heterocycles. The number of amides is 1. The first-order chi connectivity index (χ1) is 13.6. The minimum Gasteiger partial charge on any atom is -0.339 e. The van der Waals surface area contributed by atoms with E-state index >= 15 is 0 Å². The lowest BCUT2D eigenvalue weighted by Crippen LogP contribution is -2.55. The van der Waals surface area contributed by atoms with E-state index in [9.17, 15) is 21.6 Å². The lowest BCUT2D eigenvalue weighted by molar-refractivity contribution is -0.133. The Morgan fingerprint density at radius 2 is 1.55 bits per heavy atom. The molecule has 3 rings (SSSR count). The fourth-order valence-corrected chi connectivity index (χ4v) is 7.53. The number of hydrogen-bond donors (Lipinski definition) is 0. The van der Waals surface area contributed by atoms with Crippen LogP contribution >= 0.6 is 22.9 Å². The van der Waals surface area contributed by atoms with Crippen LogP contribution in [0.2, 0.25) is 4.34 Å². The molecule has 2 aliphatic heterocycles. The SMILES string of the molecule is CCS(=O)(=O)N1CCN(CC(=O)N2CCN(S(=O)(=O)c3ccc(Cl)s3)CC2)CC1. The summed E-state index contributed by atoms with van der Waals surface area (Å²) in [5.41, 5.74) is 0. The van der Waals surface area contributed by atoms with Gasteiger partial charge in [0.05, 0.1) is 16.6 Å². The number of carbonyl (C=O) groups is 1. The van der Waals surface area contributed by atoms with E-state index in [2.05, 4.69) is 0 Å². The van der Waals surface area contributed by atoms with Crippen LogP contribution < -0.4 is 0 Å². The smallest absolute Gasteiger partial charge is 0.252 e. The Kier molecular flexibility index (Phi) is 7.24. The molecule has 0 aromatic carbocycles. The summed E-state index contributed by atoms with van der Waals surface area (Å²) >= 11 is 6.87. The van der Waals surface area contributed by atoms with E-state index in [0.29, 0.717) is 43.6 Å². The van der Waals surface area contributed by atoms with Gasteiger partial charge in [0.25, 0.3) is 10.0 Å². The van der Waals surface area contributed by atoms with Gasteiger partial charge in [-0.05, 0) is 19.1 Å². The first-order valence-corrected chi connectivity index (χ1v) is 13.6. The zero-order chi connectivity index (χ0) is 21.2. The predicted molar refractivity (Wildman–Crippen MR) is 112 cm³/mol. The zero-order valence-electron chi connectivity index (χ0n) is 16.2. The number of thiophene rings is 1. The molecule has 0 spiro atoms. The highest BCUT2D eigenvalue weighted by Crippen LogP contribution is 2.28. The van der Waals surface area contributed by atoms with Gasteiger partial charge in [-0.1, -0.05) is 11.6 Å². The molecule has 9 nitrogen and oxygen atoms in total. The molecule has 0 atom stereocenters. The van der Waals surface area contributed by atoms with Gasteiger partial charge in [0, 0.05) is 52.4 Å². The Morgan fingerprint density at radius 3 is 2.07 bits per heavy atom. The second-order valence-electron chi connectivity index (χ2n) is 6.92. The molecule has 0 bridgehead atoms. The Hall–Kier alpha value is -0.760. The Labute approximate surface area is 180 Å². The molecule has 13 heteroatoms. The van der Waals surface area contributed by atoms with Crippen LogP contribution in [0.25, 0.3) is 0 Å². The van der Waals surface area contributed by atoms with E-state index in [-0.39, 0.29) is 35.5 Å². The molecule has 0 unspecified atom stereocenters. The minimum atomic E-state index is -3.58. The topological polar surface area (TPSA) is 98.3 Å². The van der Waals surface area contributed by atoms with Crippen LogP contribution in [-0.2, 0) is 24.8 Å². The third-order valence-electron chi connectivity index (χ3n) is 5.18. The number of nitrogens with zero attached hydrogens (tertiary/aromatic N) is 4. The lowest BCUT2D eigenvalue weighted by atomic mass is 10.3. The molecule has 29 heavy (non-hydrogen) atoms. The molecular formula is C16H25ClN4O5S3. The van der Waals surface area contributed by atoms with Gasteiger partial charge in [0.1, 0.15) is 4.21 Å². The monoisotopic (exact) mass is 484 g/mol. The third kappa shape index (κ3) is 5.30. The van der Waals surface area contributed by atoms with E-state index in [4.69, 9.17) is 11.6 Å². The highest BCUT2D eigenvalue weighted by Gasteiger charge is 2.32. The van der Waals surface area contributed by atoms with Crippen molar-refractivity contribution in [3.63, 3.8) is 0 Å². The largest absolute Gasteiger partial charge is 0.339 e. The summed E-state index contributed by atoms with van der Waals surface area (Å²) in [6.07, 6.45) is 0. The highest BCUT2D eigenvalue weighted by molar-refractivity contribution is 7.91. The average molecular weight is 485 g/mol. The van der Waals surface area contributed by atoms with Crippen LogP contribution in [0.3, 0.4) is 0 Å². The van der Waals surface area contributed by atoms with Gasteiger partial charge in [-0.25, -0.2) is 16.8 Å². The normalized spacial score (nSPS) is 20.8. The molecule has 0 N–H and O–H groups in total. The number of piperazine rings is 2. The molecule has 1 aromatic heterocycles. The maximum absolute atomic E-state index is 12.6. The van der Waals surface area contributed by atoms with Gasteiger partial charge >= 0.3 is 0 Å². The Morgan fingerprint density at radius 1 is 0.966 bits per heavy atom. The van der Waals surface area contributed by atoms with Crippen molar-refractivity contribution >= 4 is 48.9 Å². The lowest BCUT2D eigenvalue weighted by Gasteiger charge is -2.37. The van der Waals surface area contributed by atoms with Gasteiger partial charge in [0.15, 0.2) is 0 Å². The second kappa shape index (κ2) is 9.16. The van der Waals surface area contributed by atoms with Crippen LogP contribution in [0.4, 0.5) is 0 Å². The average Bonchev–Trinajstić information content (AvgIpc) is 3.15. The third-order valence-corrected chi connectivity index (χ3v) is 10.7. The molecular weight excluding hydrogens is 460 g/mol. The maximum Gasteiger partial charge on any atom is 0.252 e. The van der Waals surface area contributed by atoms with E-state index in [1.54, 1.807) is 17.9 Å². The van der Waals surface area contributed by atoms with Crippen molar-refractivity contribution in [1.29, 1.82) is 0 Å². The van der Waals surface area contributed by atoms with Crippen LogP contribution in [-0.4, -0.2) is 106 Å². The number of hydrogen-bond acceptors (Lipinski definition) is 7. The van der Waals surface area contributed by atoms with Gasteiger partial charge in [-0.15, -0.1) is 11.3 Å². The molecule has 164 valence electrons. The highest BCUT2D eigenvalue weighted by atomic mass is 35.5.